The molecule has 1 fully saturated rings. The molecule has 4 nitrogen and oxygen atoms in total. The van der Waals surface area contributed by atoms with Gasteiger partial charge in [0.25, 0.3) is 0 Å². The van der Waals surface area contributed by atoms with Crippen LogP contribution in [0.25, 0.3) is 0 Å². The number of hydrogen-bond donors (Lipinski definition) is 0. The zero-order valence-electron chi connectivity index (χ0n) is 7.33. The van der Waals surface area contributed by atoms with Crippen molar-refractivity contribution >= 4 is 21.7 Å². The molecule has 1 aliphatic heterocycles. The van der Waals surface area contributed by atoms with Gasteiger partial charge in [-0.05, 0) is 29.3 Å². The highest BCUT2D eigenvalue weighted by Crippen LogP contribution is 2.25. The van der Waals surface area contributed by atoms with Gasteiger partial charge in [-0.15, -0.1) is 0 Å². The average Bonchev–Trinajstić information content (AvgIpc) is 2.61. The number of anilines is 1. The molecule has 1 aromatic rings. The summed E-state index contributed by atoms with van der Waals surface area (Å²) in [5.41, 5.74) is 0. The topological polar surface area (TPSA) is 38.2 Å². The summed E-state index contributed by atoms with van der Waals surface area (Å²) in [6.07, 6.45) is 2.80. The molecule has 5 heteroatoms. The van der Waals surface area contributed by atoms with Crippen molar-refractivity contribution in [2.75, 3.05) is 18.2 Å². The molecule has 1 aromatic heterocycles. The van der Waals surface area contributed by atoms with Crippen LogP contribution in [0.2, 0.25) is 0 Å². The van der Waals surface area contributed by atoms with Gasteiger partial charge in [-0.1, -0.05) is 0 Å². The Morgan fingerprint density at radius 2 is 2.46 bits per heavy atom. The van der Waals surface area contributed by atoms with Crippen molar-refractivity contribution < 1.29 is 4.84 Å². The molecule has 0 N–H and O–H groups in total. The molecule has 0 bridgehead atoms. The van der Waals surface area contributed by atoms with E-state index in [-0.39, 0.29) is 0 Å². The highest BCUT2D eigenvalue weighted by molar-refractivity contribution is 9.10. The van der Waals surface area contributed by atoms with Gasteiger partial charge < -0.3 is 0 Å². The molecule has 0 spiro atoms. The van der Waals surface area contributed by atoms with Gasteiger partial charge in [0.05, 0.1) is 11.1 Å². The Balaban J connectivity index is 2.32. The average molecular weight is 244 g/mol. The number of hydrogen-bond acceptors (Lipinski definition) is 4. The first-order chi connectivity index (χ1) is 6.27. The molecule has 1 aliphatic rings. The first kappa shape index (κ1) is 8.90. The molecular formula is C8H10BrN3O. The summed E-state index contributed by atoms with van der Waals surface area (Å²) in [6.45, 7) is 3.54. The maximum atomic E-state index is 5.39. The lowest BCUT2D eigenvalue weighted by Gasteiger charge is -2.15. The van der Waals surface area contributed by atoms with Gasteiger partial charge in [0.1, 0.15) is 5.82 Å². The molecule has 0 atom stereocenters. The van der Waals surface area contributed by atoms with Crippen LogP contribution in [-0.2, 0) is 4.84 Å². The molecule has 70 valence electrons. The van der Waals surface area contributed by atoms with Crippen molar-refractivity contribution in [2.45, 2.75) is 13.3 Å². The van der Waals surface area contributed by atoms with Gasteiger partial charge in [-0.3, -0.25) is 4.84 Å². The predicted molar refractivity (Wildman–Crippen MR) is 52.4 cm³/mol. The van der Waals surface area contributed by atoms with E-state index in [9.17, 15) is 0 Å². The van der Waals surface area contributed by atoms with Gasteiger partial charge in [0.2, 0.25) is 0 Å². The fourth-order valence-corrected chi connectivity index (χ4v) is 1.62. The molecule has 1 saturated heterocycles. The van der Waals surface area contributed by atoms with Crippen LogP contribution in [-0.4, -0.2) is 23.1 Å². The zero-order valence-corrected chi connectivity index (χ0v) is 8.91. The lowest BCUT2D eigenvalue weighted by molar-refractivity contribution is 0.165. The lowest BCUT2D eigenvalue weighted by atomic mass is 10.4. The quantitative estimate of drug-likeness (QED) is 0.753. The summed E-state index contributed by atoms with van der Waals surface area (Å²) in [7, 11) is 0. The highest BCUT2D eigenvalue weighted by Gasteiger charge is 2.17. The number of aromatic nitrogens is 2. The Kier molecular flexibility index (Phi) is 2.46. The van der Waals surface area contributed by atoms with Crippen molar-refractivity contribution in [3.05, 3.63) is 16.5 Å². The monoisotopic (exact) mass is 243 g/mol. The molecule has 0 unspecified atom stereocenters. The Bertz CT molecular complexity index is 312. The molecular weight excluding hydrogens is 234 g/mol. The van der Waals surface area contributed by atoms with E-state index in [1.54, 1.807) is 11.3 Å². The summed E-state index contributed by atoms with van der Waals surface area (Å²) in [6, 6.07) is 0. The van der Waals surface area contributed by atoms with E-state index in [2.05, 4.69) is 25.9 Å². The van der Waals surface area contributed by atoms with Gasteiger partial charge in [0.15, 0.2) is 5.82 Å². The van der Waals surface area contributed by atoms with Crippen LogP contribution in [0.5, 0.6) is 0 Å². The van der Waals surface area contributed by atoms with Gasteiger partial charge in [-0.2, -0.15) is 0 Å². The van der Waals surface area contributed by atoms with Crippen molar-refractivity contribution in [1.82, 2.24) is 9.97 Å². The third-order valence-corrected chi connectivity index (χ3v) is 2.39. The number of halogens is 1. The van der Waals surface area contributed by atoms with Crippen LogP contribution in [0.3, 0.4) is 0 Å². The normalized spacial score (nSPS) is 16.6. The minimum absolute atomic E-state index is 0.758. The second-order valence-electron chi connectivity index (χ2n) is 2.88. The minimum atomic E-state index is 0.758. The van der Waals surface area contributed by atoms with E-state index < -0.39 is 0 Å². The number of aryl methyl sites for hydroxylation is 1. The number of hydroxylamine groups is 1. The molecule has 2 heterocycles. The van der Waals surface area contributed by atoms with E-state index in [4.69, 9.17) is 4.84 Å². The maximum absolute atomic E-state index is 5.39. The third-order valence-electron chi connectivity index (χ3n) is 1.83. The van der Waals surface area contributed by atoms with E-state index >= 15 is 0 Å². The van der Waals surface area contributed by atoms with Crippen molar-refractivity contribution in [3.63, 3.8) is 0 Å². The Hall–Kier alpha value is -0.680. The first-order valence-corrected chi connectivity index (χ1v) is 4.96. The second kappa shape index (κ2) is 3.59. The second-order valence-corrected chi connectivity index (χ2v) is 3.73. The van der Waals surface area contributed by atoms with E-state index in [1.807, 2.05) is 6.92 Å². The Morgan fingerprint density at radius 3 is 3.15 bits per heavy atom. The third kappa shape index (κ3) is 1.81. The summed E-state index contributed by atoms with van der Waals surface area (Å²) in [5.74, 6) is 1.58. The molecule has 0 amide bonds. The smallest absolute Gasteiger partial charge is 0.170 e. The first-order valence-electron chi connectivity index (χ1n) is 4.17. The summed E-state index contributed by atoms with van der Waals surface area (Å²) >= 11 is 3.39. The Labute approximate surface area is 85.0 Å². The molecule has 2 rings (SSSR count). The van der Waals surface area contributed by atoms with Crippen molar-refractivity contribution in [2.24, 2.45) is 0 Å². The molecule has 13 heavy (non-hydrogen) atoms. The van der Waals surface area contributed by atoms with Crippen LogP contribution in [0.1, 0.15) is 12.2 Å². The lowest BCUT2D eigenvalue weighted by Crippen LogP contribution is -2.18. The molecule has 0 aromatic carbocycles. The SMILES string of the molecule is Cc1ncc(Br)c(N2CCCO2)n1. The fourth-order valence-electron chi connectivity index (χ4n) is 1.23. The zero-order chi connectivity index (χ0) is 9.26. The van der Waals surface area contributed by atoms with Crippen molar-refractivity contribution in [1.29, 1.82) is 0 Å². The van der Waals surface area contributed by atoms with Gasteiger partial charge in [0, 0.05) is 12.7 Å². The Morgan fingerprint density at radius 1 is 1.62 bits per heavy atom. The standard InChI is InChI=1S/C8H10BrN3O/c1-6-10-5-7(9)8(11-6)12-3-2-4-13-12/h5H,2-4H2,1H3. The van der Waals surface area contributed by atoms with Crippen molar-refractivity contribution in [3.8, 4) is 0 Å². The van der Waals surface area contributed by atoms with E-state index in [0.29, 0.717) is 0 Å². The van der Waals surface area contributed by atoms with Gasteiger partial charge >= 0.3 is 0 Å². The van der Waals surface area contributed by atoms with Crippen LogP contribution in [0.15, 0.2) is 10.7 Å². The van der Waals surface area contributed by atoms with Crippen LogP contribution >= 0.6 is 15.9 Å². The van der Waals surface area contributed by atoms with Gasteiger partial charge in [-0.25, -0.2) is 15.0 Å². The molecule has 0 saturated carbocycles. The van der Waals surface area contributed by atoms with E-state index in [1.165, 1.54) is 0 Å². The number of rotatable bonds is 1. The van der Waals surface area contributed by atoms with Crippen LogP contribution in [0, 0.1) is 6.92 Å². The van der Waals surface area contributed by atoms with E-state index in [0.717, 1.165) is 35.7 Å². The van der Waals surface area contributed by atoms with Crippen LogP contribution < -0.4 is 5.06 Å². The summed E-state index contributed by atoms with van der Waals surface area (Å²) < 4.78 is 0.875. The number of nitrogens with zero attached hydrogens (tertiary/aromatic N) is 3. The predicted octanol–water partition coefficient (Wildman–Crippen LogP) is 1.69. The molecule has 0 radical (unpaired) electrons. The van der Waals surface area contributed by atoms with Crippen LogP contribution in [0.4, 0.5) is 5.82 Å². The summed E-state index contributed by atoms with van der Waals surface area (Å²) in [4.78, 5) is 13.8. The minimum Gasteiger partial charge on any atom is -0.272 e. The fraction of sp³-hybridized carbons (Fsp3) is 0.500. The maximum Gasteiger partial charge on any atom is 0.170 e. The summed E-state index contributed by atoms with van der Waals surface area (Å²) in [5, 5.41) is 1.80. The highest BCUT2D eigenvalue weighted by atomic mass is 79.9. The largest absolute Gasteiger partial charge is 0.272 e. The molecule has 0 aliphatic carbocycles.